The van der Waals surface area contributed by atoms with Gasteiger partial charge in [0.15, 0.2) is 5.82 Å². The Balaban J connectivity index is 1.15. The minimum atomic E-state index is -2.67. The van der Waals surface area contributed by atoms with Crippen LogP contribution in [0.15, 0.2) is 61.2 Å². The summed E-state index contributed by atoms with van der Waals surface area (Å²) in [6.45, 7) is 0. The van der Waals surface area contributed by atoms with E-state index in [1.807, 2.05) is 24.3 Å². The van der Waals surface area contributed by atoms with Crippen LogP contribution in [0, 0.1) is 5.92 Å². The lowest BCUT2D eigenvalue weighted by atomic mass is 9.91. The third-order valence-electron chi connectivity index (χ3n) is 6.49. The molecule has 0 atom stereocenters. The van der Waals surface area contributed by atoms with Crippen molar-refractivity contribution in [2.45, 2.75) is 37.7 Å². The number of esters is 1. The summed E-state index contributed by atoms with van der Waals surface area (Å²) in [6, 6.07) is 11.2. The minimum Gasteiger partial charge on any atom is -0.473 e. The van der Waals surface area contributed by atoms with E-state index < -0.39 is 12.0 Å². The summed E-state index contributed by atoms with van der Waals surface area (Å²) in [7, 11) is 1.78. The zero-order valence-corrected chi connectivity index (χ0v) is 20.5. The fraction of sp³-hybridized carbons (Fsp3) is 0.296. The maximum Gasteiger partial charge on any atom is 0.314 e. The summed E-state index contributed by atoms with van der Waals surface area (Å²) in [5.41, 5.74) is 3.28. The Hall–Kier alpha value is -4.41. The molecule has 0 saturated heterocycles. The molecule has 0 spiro atoms. The van der Waals surface area contributed by atoms with Crippen LogP contribution < -0.4 is 14.8 Å². The van der Waals surface area contributed by atoms with E-state index in [0.29, 0.717) is 23.1 Å². The molecule has 0 radical (unpaired) electrons. The van der Waals surface area contributed by atoms with E-state index >= 15 is 0 Å². The highest BCUT2D eigenvalue weighted by Crippen LogP contribution is 2.39. The summed E-state index contributed by atoms with van der Waals surface area (Å²) < 4.78 is 38.8. The van der Waals surface area contributed by atoms with Crippen molar-refractivity contribution >= 4 is 17.6 Å². The average molecular weight is 519 g/mol. The van der Waals surface area contributed by atoms with Crippen LogP contribution in [0.25, 0.3) is 22.4 Å². The van der Waals surface area contributed by atoms with Crippen LogP contribution in [0.1, 0.15) is 25.7 Å². The van der Waals surface area contributed by atoms with Gasteiger partial charge in [-0.2, -0.15) is 10.1 Å². The van der Waals surface area contributed by atoms with Crippen LogP contribution in [0.3, 0.4) is 0 Å². The maximum atomic E-state index is 13.1. The molecule has 2 aliphatic rings. The van der Waals surface area contributed by atoms with Gasteiger partial charge in [0.05, 0.1) is 35.8 Å². The molecule has 2 saturated carbocycles. The topological polar surface area (TPSA) is 104 Å². The molecule has 194 valence electrons. The molecule has 2 aliphatic carbocycles. The first-order valence-corrected chi connectivity index (χ1v) is 12.3. The van der Waals surface area contributed by atoms with E-state index in [-0.39, 0.29) is 30.6 Å². The van der Waals surface area contributed by atoms with Crippen molar-refractivity contribution in [3.63, 3.8) is 0 Å². The third kappa shape index (κ3) is 5.17. The van der Waals surface area contributed by atoms with E-state index in [2.05, 4.69) is 25.4 Å². The Morgan fingerprint density at radius 2 is 1.79 bits per heavy atom. The Bertz CT molecular complexity index is 1460. The number of ether oxygens (including phenoxy) is 2. The number of hydrogen-bond donors (Lipinski definition) is 1. The molecule has 6 rings (SSSR count). The van der Waals surface area contributed by atoms with Crippen molar-refractivity contribution in [3.05, 3.63) is 61.2 Å². The summed E-state index contributed by atoms with van der Waals surface area (Å²) in [6.07, 6.45) is 6.96. The lowest BCUT2D eigenvalue weighted by molar-refractivity contribution is -0.136. The number of hydrogen-bond acceptors (Lipinski definition) is 8. The van der Waals surface area contributed by atoms with E-state index in [1.54, 1.807) is 36.3 Å². The molecule has 0 bridgehead atoms. The number of aryl methyl sites for hydroxylation is 1. The predicted molar refractivity (Wildman–Crippen MR) is 134 cm³/mol. The van der Waals surface area contributed by atoms with Gasteiger partial charge in [-0.05, 0) is 36.6 Å². The number of carbonyl (C=O) groups is 1. The number of benzene rings is 1. The fourth-order valence-corrected chi connectivity index (χ4v) is 4.18. The van der Waals surface area contributed by atoms with Crippen LogP contribution in [0.5, 0.6) is 11.6 Å². The molecule has 2 fully saturated rings. The highest BCUT2D eigenvalue weighted by molar-refractivity contribution is 5.78. The number of aromatic nitrogens is 5. The largest absolute Gasteiger partial charge is 0.473 e. The van der Waals surface area contributed by atoms with Crippen molar-refractivity contribution in [1.29, 1.82) is 0 Å². The van der Waals surface area contributed by atoms with Crippen molar-refractivity contribution in [2.75, 3.05) is 5.32 Å². The van der Waals surface area contributed by atoms with Gasteiger partial charge in [0, 0.05) is 31.6 Å². The second kappa shape index (κ2) is 9.47. The monoisotopic (exact) mass is 518 g/mol. The number of anilines is 2. The van der Waals surface area contributed by atoms with Crippen molar-refractivity contribution in [1.82, 2.24) is 24.7 Å². The number of halogens is 2. The number of carbonyl (C=O) groups excluding carboxylic acids is 1. The van der Waals surface area contributed by atoms with Gasteiger partial charge in [0.2, 0.25) is 5.88 Å². The van der Waals surface area contributed by atoms with Crippen LogP contribution in [0.2, 0.25) is 0 Å². The molecule has 3 aromatic heterocycles. The van der Waals surface area contributed by atoms with Gasteiger partial charge in [0.25, 0.3) is 5.92 Å². The van der Waals surface area contributed by atoms with Gasteiger partial charge in [-0.15, -0.1) is 0 Å². The van der Waals surface area contributed by atoms with E-state index in [1.165, 1.54) is 12.4 Å². The van der Waals surface area contributed by atoms with Crippen LogP contribution in [-0.4, -0.2) is 42.7 Å². The maximum absolute atomic E-state index is 13.1. The Morgan fingerprint density at radius 3 is 2.47 bits per heavy atom. The predicted octanol–water partition coefficient (Wildman–Crippen LogP) is 5.17. The Morgan fingerprint density at radius 1 is 1.03 bits per heavy atom. The normalized spacial score (nSPS) is 16.5. The molecule has 0 unspecified atom stereocenters. The van der Waals surface area contributed by atoms with Crippen LogP contribution in [-0.2, 0) is 11.8 Å². The molecule has 1 aromatic carbocycles. The number of rotatable bonds is 8. The Labute approximate surface area is 216 Å². The summed E-state index contributed by atoms with van der Waals surface area (Å²) in [4.78, 5) is 24.9. The molecule has 4 aromatic rings. The zero-order chi connectivity index (χ0) is 26.3. The fourth-order valence-electron chi connectivity index (χ4n) is 4.18. The highest BCUT2D eigenvalue weighted by Gasteiger charge is 2.47. The van der Waals surface area contributed by atoms with Gasteiger partial charge < -0.3 is 14.8 Å². The van der Waals surface area contributed by atoms with Gasteiger partial charge in [-0.1, -0.05) is 18.2 Å². The SMILES string of the molecule is Cn1ncc(-c2ccc(-c3ccc(OC(=O)C4CC4)cc3)cn2)c1Nc1cncc(OC2CC(F)(F)C2)n1. The first-order valence-electron chi connectivity index (χ1n) is 12.3. The molecule has 11 heteroatoms. The first-order chi connectivity index (χ1) is 18.3. The molecule has 1 N–H and O–H groups in total. The Kier molecular flexibility index (Phi) is 5.97. The second-order valence-corrected chi connectivity index (χ2v) is 9.55. The molecule has 38 heavy (non-hydrogen) atoms. The van der Waals surface area contributed by atoms with E-state index in [9.17, 15) is 13.6 Å². The van der Waals surface area contributed by atoms with E-state index in [0.717, 1.165) is 29.5 Å². The van der Waals surface area contributed by atoms with Crippen LogP contribution in [0.4, 0.5) is 20.4 Å². The first kappa shape index (κ1) is 24.0. The lowest BCUT2D eigenvalue weighted by Gasteiger charge is -2.34. The summed E-state index contributed by atoms with van der Waals surface area (Å²) in [5.74, 6) is -1.07. The number of nitrogens with zero attached hydrogens (tertiary/aromatic N) is 5. The van der Waals surface area contributed by atoms with Crippen molar-refractivity contribution in [2.24, 2.45) is 13.0 Å². The third-order valence-corrected chi connectivity index (χ3v) is 6.49. The second-order valence-electron chi connectivity index (χ2n) is 9.55. The average Bonchev–Trinajstić information content (AvgIpc) is 3.68. The molecule has 0 aliphatic heterocycles. The van der Waals surface area contributed by atoms with Crippen LogP contribution >= 0.6 is 0 Å². The summed E-state index contributed by atoms with van der Waals surface area (Å²) in [5, 5.41) is 7.52. The van der Waals surface area contributed by atoms with Crippen molar-refractivity contribution < 1.29 is 23.0 Å². The quantitative estimate of drug-likeness (QED) is 0.252. The van der Waals surface area contributed by atoms with Crippen molar-refractivity contribution in [3.8, 4) is 34.0 Å². The number of alkyl halides is 2. The smallest absolute Gasteiger partial charge is 0.314 e. The zero-order valence-electron chi connectivity index (χ0n) is 20.5. The molecule has 9 nitrogen and oxygen atoms in total. The number of nitrogens with one attached hydrogen (secondary N) is 1. The molecule has 0 amide bonds. The van der Waals surface area contributed by atoms with E-state index in [4.69, 9.17) is 9.47 Å². The van der Waals surface area contributed by atoms with Gasteiger partial charge in [-0.25, -0.2) is 8.78 Å². The van der Waals surface area contributed by atoms with Gasteiger partial charge in [-0.3, -0.25) is 19.4 Å². The standard InChI is InChI=1S/C27H24F2N6O3/c1-35-25(34-23-14-30-15-24(33-23)37-20-10-27(28,29)11-20)21(13-32-35)22-9-6-18(12-31-22)16-4-7-19(8-5-16)38-26(36)17-2-3-17/h4-9,12-15,17,20H,2-3,10-11H2,1H3,(H,33,34). The molecule has 3 heterocycles. The van der Waals surface area contributed by atoms with Gasteiger partial charge >= 0.3 is 5.97 Å². The summed E-state index contributed by atoms with van der Waals surface area (Å²) >= 11 is 0. The minimum absolute atomic E-state index is 0.0470. The van der Waals surface area contributed by atoms with Gasteiger partial charge in [0.1, 0.15) is 17.7 Å². The molecular formula is C27H24F2N6O3. The lowest BCUT2D eigenvalue weighted by Crippen LogP contribution is -2.43. The highest BCUT2D eigenvalue weighted by atomic mass is 19.3. The number of pyridine rings is 1. The molecular weight excluding hydrogens is 494 g/mol.